The van der Waals surface area contributed by atoms with E-state index in [-0.39, 0.29) is 34.3 Å². The molecule has 178 valence electrons. The molecule has 1 heterocycles. The molecule has 1 aliphatic heterocycles. The fraction of sp³-hybridized carbons (Fsp3) is 0.174. The Kier molecular flexibility index (Phi) is 6.13. The lowest BCUT2D eigenvalue weighted by Gasteiger charge is -2.18. The molecule has 0 aromatic heterocycles. The largest absolute Gasteiger partial charge is 0.506 e. The highest BCUT2D eigenvalue weighted by Crippen LogP contribution is 2.34. The molecule has 4 rings (SSSR count). The Morgan fingerprint density at radius 2 is 1.71 bits per heavy atom. The van der Waals surface area contributed by atoms with E-state index in [4.69, 9.17) is 4.74 Å². The van der Waals surface area contributed by atoms with Crippen molar-refractivity contribution >= 4 is 27.3 Å². The summed E-state index contributed by atoms with van der Waals surface area (Å²) in [6.07, 6.45) is -4.05. The number of aromatic hydroxyl groups is 1. The summed E-state index contributed by atoms with van der Waals surface area (Å²) in [4.78, 5) is 12.8. The Labute approximate surface area is 193 Å². The normalized spacial score (nSPS) is 15.2. The van der Waals surface area contributed by atoms with Gasteiger partial charge in [0.2, 0.25) is 10.0 Å². The lowest BCUT2D eigenvalue weighted by molar-refractivity contribution is -0.137. The van der Waals surface area contributed by atoms with Crippen LogP contribution in [0.15, 0.2) is 66.7 Å². The molecule has 3 aromatic carbocycles. The molecule has 0 saturated carbocycles. The second-order valence-corrected chi connectivity index (χ2v) is 9.57. The Morgan fingerprint density at radius 1 is 1.00 bits per heavy atom. The average Bonchev–Trinajstić information content (AvgIpc) is 3.14. The number of nitrogens with one attached hydrogen (secondary N) is 1. The minimum absolute atomic E-state index is 0.00815. The fourth-order valence-corrected chi connectivity index (χ4v) is 5.03. The standard InChI is InChI=1S/C23H19F3N2O5S/c24-23(25,26)16-5-2-7-19(13-16)33-18-6-1-4-15(12-18)22(30)27-20-14-17(8-9-21(20)29)28-10-3-11-34(28,31)32/h1-2,4-9,12-14,29H,3,10-11H2,(H,27,30). The van der Waals surface area contributed by atoms with Gasteiger partial charge in [0.25, 0.3) is 5.91 Å². The number of amides is 1. The smallest absolute Gasteiger partial charge is 0.416 e. The summed E-state index contributed by atoms with van der Waals surface area (Å²) in [6, 6.07) is 14.2. The number of hydrogen-bond donors (Lipinski definition) is 2. The predicted molar refractivity (Wildman–Crippen MR) is 120 cm³/mol. The molecule has 7 nitrogen and oxygen atoms in total. The third kappa shape index (κ3) is 5.09. The number of phenols is 1. The van der Waals surface area contributed by atoms with Crippen LogP contribution in [0.5, 0.6) is 17.2 Å². The molecule has 1 amide bonds. The first-order valence-electron chi connectivity index (χ1n) is 10.1. The molecule has 2 N–H and O–H groups in total. The highest BCUT2D eigenvalue weighted by molar-refractivity contribution is 7.93. The maximum absolute atomic E-state index is 12.9. The third-order valence-electron chi connectivity index (χ3n) is 5.11. The SMILES string of the molecule is O=C(Nc1cc(N2CCCS2(=O)=O)ccc1O)c1cccc(Oc2cccc(C(F)(F)F)c2)c1. The van der Waals surface area contributed by atoms with Crippen molar-refractivity contribution < 1.29 is 36.2 Å². The van der Waals surface area contributed by atoms with Crippen LogP contribution in [0.3, 0.4) is 0 Å². The zero-order valence-corrected chi connectivity index (χ0v) is 18.4. The lowest BCUT2D eigenvalue weighted by atomic mass is 10.1. The van der Waals surface area contributed by atoms with Gasteiger partial charge in [0.1, 0.15) is 17.2 Å². The van der Waals surface area contributed by atoms with E-state index in [1.54, 1.807) is 0 Å². The van der Waals surface area contributed by atoms with Crippen LogP contribution >= 0.6 is 0 Å². The zero-order chi connectivity index (χ0) is 24.5. The van der Waals surface area contributed by atoms with Crippen LogP contribution in [0.2, 0.25) is 0 Å². The van der Waals surface area contributed by atoms with Crippen molar-refractivity contribution in [2.75, 3.05) is 21.9 Å². The number of halogens is 3. The van der Waals surface area contributed by atoms with Crippen molar-refractivity contribution in [2.45, 2.75) is 12.6 Å². The molecule has 0 atom stereocenters. The second-order valence-electron chi connectivity index (χ2n) is 7.55. The van der Waals surface area contributed by atoms with Gasteiger partial charge in [-0.2, -0.15) is 13.2 Å². The van der Waals surface area contributed by atoms with E-state index in [1.165, 1.54) is 58.9 Å². The molecule has 34 heavy (non-hydrogen) atoms. The van der Waals surface area contributed by atoms with Crippen molar-refractivity contribution in [1.82, 2.24) is 0 Å². The molecule has 0 spiro atoms. The van der Waals surface area contributed by atoms with Crippen LogP contribution in [0, 0.1) is 0 Å². The van der Waals surface area contributed by atoms with Crippen LogP contribution < -0.4 is 14.4 Å². The van der Waals surface area contributed by atoms with Gasteiger partial charge < -0.3 is 15.2 Å². The fourth-order valence-electron chi connectivity index (χ4n) is 3.48. The Morgan fingerprint density at radius 3 is 2.38 bits per heavy atom. The number of benzene rings is 3. The van der Waals surface area contributed by atoms with Gasteiger partial charge in [-0.05, 0) is 61.0 Å². The number of phenolic OH excluding ortho intramolecular Hbond substituents is 1. The first-order valence-corrected chi connectivity index (χ1v) is 11.7. The summed E-state index contributed by atoms with van der Waals surface area (Å²) >= 11 is 0. The molecule has 3 aromatic rings. The lowest BCUT2D eigenvalue weighted by Crippen LogP contribution is -2.25. The topological polar surface area (TPSA) is 95.9 Å². The molecule has 1 aliphatic rings. The maximum atomic E-state index is 12.9. The van der Waals surface area contributed by atoms with Gasteiger partial charge >= 0.3 is 6.18 Å². The highest BCUT2D eigenvalue weighted by atomic mass is 32.2. The number of carbonyl (C=O) groups is 1. The molecule has 1 fully saturated rings. The second kappa shape index (κ2) is 8.90. The molecule has 0 radical (unpaired) electrons. The summed E-state index contributed by atoms with van der Waals surface area (Å²) in [5.41, 5.74) is -0.432. The van der Waals surface area contributed by atoms with Crippen LogP contribution in [0.4, 0.5) is 24.5 Å². The summed E-state index contributed by atoms with van der Waals surface area (Å²) in [5.74, 6) is -0.789. The number of carbonyl (C=O) groups excluding carboxylic acids is 1. The maximum Gasteiger partial charge on any atom is 0.416 e. The van der Waals surface area contributed by atoms with Crippen molar-refractivity contribution in [3.05, 3.63) is 77.9 Å². The third-order valence-corrected chi connectivity index (χ3v) is 6.98. The van der Waals surface area contributed by atoms with Crippen molar-refractivity contribution in [3.8, 4) is 17.2 Å². The minimum atomic E-state index is -4.52. The quantitative estimate of drug-likeness (QED) is 0.489. The van der Waals surface area contributed by atoms with Crippen LogP contribution in [-0.4, -0.2) is 31.7 Å². The average molecular weight is 492 g/mol. The summed E-state index contributed by atoms with van der Waals surface area (Å²) in [5, 5.41) is 12.7. The minimum Gasteiger partial charge on any atom is -0.506 e. The summed E-state index contributed by atoms with van der Waals surface area (Å²) in [7, 11) is -3.45. The summed E-state index contributed by atoms with van der Waals surface area (Å²) in [6.45, 7) is 0.301. The molecular weight excluding hydrogens is 473 g/mol. The highest BCUT2D eigenvalue weighted by Gasteiger charge is 2.31. The van der Waals surface area contributed by atoms with E-state index in [2.05, 4.69) is 5.32 Å². The number of rotatable bonds is 5. The molecule has 0 unspecified atom stereocenters. The van der Waals surface area contributed by atoms with E-state index in [9.17, 15) is 31.5 Å². The van der Waals surface area contributed by atoms with Gasteiger partial charge in [-0.1, -0.05) is 12.1 Å². The molecule has 1 saturated heterocycles. The number of hydrogen-bond acceptors (Lipinski definition) is 5. The zero-order valence-electron chi connectivity index (χ0n) is 17.5. The van der Waals surface area contributed by atoms with Crippen LogP contribution in [-0.2, 0) is 16.2 Å². The first-order chi connectivity index (χ1) is 16.0. The Bertz CT molecular complexity index is 1340. The molecule has 11 heteroatoms. The number of ether oxygens (including phenoxy) is 1. The molecule has 0 bridgehead atoms. The number of alkyl halides is 3. The number of anilines is 2. The Hall–Kier alpha value is -3.73. The van der Waals surface area contributed by atoms with E-state index < -0.39 is 27.7 Å². The van der Waals surface area contributed by atoms with Gasteiger partial charge in [0.15, 0.2) is 0 Å². The van der Waals surface area contributed by atoms with E-state index in [0.29, 0.717) is 18.7 Å². The van der Waals surface area contributed by atoms with Crippen molar-refractivity contribution in [2.24, 2.45) is 0 Å². The van der Waals surface area contributed by atoms with Gasteiger partial charge in [0.05, 0.1) is 22.7 Å². The van der Waals surface area contributed by atoms with E-state index >= 15 is 0 Å². The predicted octanol–water partition coefficient (Wildman–Crippen LogP) is 5.00. The van der Waals surface area contributed by atoms with Gasteiger partial charge in [0, 0.05) is 12.1 Å². The number of sulfonamides is 1. The Balaban J connectivity index is 1.53. The molecule has 0 aliphatic carbocycles. The van der Waals surface area contributed by atoms with Gasteiger partial charge in [-0.15, -0.1) is 0 Å². The van der Waals surface area contributed by atoms with Gasteiger partial charge in [-0.25, -0.2) is 8.42 Å². The van der Waals surface area contributed by atoms with Crippen molar-refractivity contribution in [1.29, 1.82) is 0 Å². The summed E-state index contributed by atoms with van der Waals surface area (Å²) < 4.78 is 69.8. The van der Waals surface area contributed by atoms with E-state index in [1.807, 2.05) is 0 Å². The van der Waals surface area contributed by atoms with Crippen LogP contribution in [0.1, 0.15) is 22.3 Å². The molecular formula is C23H19F3N2O5S. The first kappa shape index (κ1) is 23.4. The monoisotopic (exact) mass is 492 g/mol. The van der Waals surface area contributed by atoms with Crippen molar-refractivity contribution in [3.63, 3.8) is 0 Å². The van der Waals surface area contributed by atoms with Crippen LogP contribution in [0.25, 0.3) is 0 Å². The van der Waals surface area contributed by atoms with Gasteiger partial charge in [-0.3, -0.25) is 9.10 Å². The van der Waals surface area contributed by atoms with E-state index in [0.717, 1.165) is 12.1 Å². The number of nitrogens with zero attached hydrogens (tertiary/aromatic N) is 1.